The SMILES string of the molecule is CCC(NCCCC1CCCC1)c1cccc(Br)c1. The molecule has 0 amide bonds. The maximum absolute atomic E-state index is 3.72. The van der Waals surface area contributed by atoms with Gasteiger partial charge in [-0.2, -0.15) is 0 Å². The van der Waals surface area contributed by atoms with Gasteiger partial charge in [0.2, 0.25) is 0 Å². The highest BCUT2D eigenvalue weighted by molar-refractivity contribution is 9.10. The van der Waals surface area contributed by atoms with Gasteiger partial charge in [-0.3, -0.25) is 0 Å². The Kier molecular flexibility index (Phi) is 6.39. The maximum Gasteiger partial charge on any atom is 0.0318 e. The van der Waals surface area contributed by atoms with Crippen molar-refractivity contribution in [2.24, 2.45) is 5.92 Å². The quantitative estimate of drug-likeness (QED) is 0.657. The second kappa shape index (κ2) is 8.06. The molecule has 1 atom stereocenters. The van der Waals surface area contributed by atoms with E-state index in [-0.39, 0.29) is 0 Å². The molecule has 0 spiro atoms. The van der Waals surface area contributed by atoms with Gasteiger partial charge in [0.15, 0.2) is 0 Å². The zero-order valence-corrected chi connectivity index (χ0v) is 13.6. The molecule has 1 N–H and O–H groups in total. The highest BCUT2D eigenvalue weighted by Crippen LogP contribution is 2.28. The minimum absolute atomic E-state index is 0.501. The van der Waals surface area contributed by atoms with Crippen LogP contribution in [-0.4, -0.2) is 6.54 Å². The summed E-state index contributed by atoms with van der Waals surface area (Å²) in [6.07, 6.45) is 9.78. The zero-order valence-electron chi connectivity index (χ0n) is 12.0. The Hall–Kier alpha value is -0.340. The highest BCUT2D eigenvalue weighted by atomic mass is 79.9. The van der Waals surface area contributed by atoms with Crippen LogP contribution in [0.5, 0.6) is 0 Å². The van der Waals surface area contributed by atoms with E-state index in [0.717, 1.165) is 18.9 Å². The second-order valence-corrected chi connectivity index (χ2v) is 6.68. The molecule has 0 radical (unpaired) electrons. The lowest BCUT2D eigenvalue weighted by Gasteiger charge is -2.18. The Morgan fingerprint density at radius 1 is 1.32 bits per heavy atom. The van der Waals surface area contributed by atoms with Gasteiger partial charge in [-0.05, 0) is 49.4 Å². The lowest BCUT2D eigenvalue weighted by Crippen LogP contribution is -2.22. The predicted molar refractivity (Wildman–Crippen MR) is 86.4 cm³/mol. The van der Waals surface area contributed by atoms with E-state index in [1.54, 1.807) is 0 Å². The standard InChI is InChI=1S/C17H26BrN/c1-2-17(15-10-5-11-16(18)13-15)19-12-6-9-14-7-3-4-8-14/h5,10-11,13-14,17,19H,2-4,6-9,12H2,1H3. The molecule has 106 valence electrons. The third-order valence-corrected chi connectivity index (χ3v) is 4.81. The average Bonchev–Trinajstić information content (AvgIpc) is 2.92. The van der Waals surface area contributed by atoms with E-state index in [4.69, 9.17) is 0 Å². The van der Waals surface area contributed by atoms with Crippen molar-refractivity contribution < 1.29 is 0 Å². The molecular weight excluding hydrogens is 298 g/mol. The van der Waals surface area contributed by atoms with Crippen LogP contribution < -0.4 is 5.32 Å². The monoisotopic (exact) mass is 323 g/mol. The fourth-order valence-electron chi connectivity index (χ4n) is 3.19. The molecule has 2 rings (SSSR count). The summed E-state index contributed by atoms with van der Waals surface area (Å²) >= 11 is 3.56. The van der Waals surface area contributed by atoms with Crippen LogP contribution in [0.4, 0.5) is 0 Å². The van der Waals surface area contributed by atoms with Crippen LogP contribution >= 0.6 is 15.9 Å². The Balaban J connectivity index is 1.73. The van der Waals surface area contributed by atoms with Crippen molar-refractivity contribution in [1.82, 2.24) is 5.32 Å². The molecule has 2 heteroatoms. The normalized spacial score (nSPS) is 17.8. The average molecular weight is 324 g/mol. The first kappa shape index (κ1) is 15.1. The third kappa shape index (κ3) is 4.92. The first-order chi connectivity index (χ1) is 9.29. The molecule has 0 aromatic heterocycles. The Morgan fingerprint density at radius 3 is 2.79 bits per heavy atom. The molecular formula is C17H26BrN. The van der Waals surface area contributed by atoms with Crippen molar-refractivity contribution in [1.29, 1.82) is 0 Å². The van der Waals surface area contributed by atoms with Gasteiger partial charge >= 0.3 is 0 Å². The largest absolute Gasteiger partial charge is 0.310 e. The molecule has 1 aromatic rings. The summed E-state index contributed by atoms with van der Waals surface area (Å²) in [7, 11) is 0. The molecule has 0 saturated heterocycles. The number of rotatable bonds is 7. The number of hydrogen-bond donors (Lipinski definition) is 1. The van der Waals surface area contributed by atoms with E-state index in [1.807, 2.05) is 0 Å². The molecule has 1 saturated carbocycles. The summed E-state index contributed by atoms with van der Waals surface area (Å²) in [5, 5.41) is 3.72. The van der Waals surface area contributed by atoms with Gasteiger partial charge in [-0.25, -0.2) is 0 Å². The van der Waals surface area contributed by atoms with Crippen molar-refractivity contribution in [3.05, 3.63) is 34.3 Å². The fourth-order valence-corrected chi connectivity index (χ4v) is 3.60. The first-order valence-corrected chi connectivity index (χ1v) is 8.57. The molecule has 1 aliphatic carbocycles. The molecule has 1 aromatic carbocycles. The number of hydrogen-bond acceptors (Lipinski definition) is 1. The highest BCUT2D eigenvalue weighted by Gasteiger charge is 2.14. The Bertz CT molecular complexity index is 371. The third-order valence-electron chi connectivity index (χ3n) is 4.31. The van der Waals surface area contributed by atoms with Crippen molar-refractivity contribution in [3.8, 4) is 0 Å². The number of benzene rings is 1. The van der Waals surface area contributed by atoms with E-state index in [2.05, 4.69) is 52.4 Å². The van der Waals surface area contributed by atoms with Crippen molar-refractivity contribution in [3.63, 3.8) is 0 Å². The number of halogens is 1. The van der Waals surface area contributed by atoms with Crippen LogP contribution in [0.25, 0.3) is 0 Å². The summed E-state index contributed by atoms with van der Waals surface area (Å²) in [4.78, 5) is 0. The van der Waals surface area contributed by atoms with Gasteiger partial charge in [0.1, 0.15) is 0 Å². The molecule has 1 fully saturated rings. The van der Waals surface area contributed by atoms with E-state index in [1.165, 1.54) is 48.6 Å². The zero-order chi connectivity index (χ0) is 13.5. The smallest absolute Gasteiger partial charge is 0.0318 e. The minimum atomic E-state index is 0.501. The minimum Gasteiger partial charge on any atom is -0.310 e. The van der Waals surface area contributed by atoms with Crippen LogP contribution in [-0.2, 0) is 0 Å². The van der Waals surface area contributed by atoms with E-state index in [0.29, 0.717) is 6.04 Å². The van der Waals surface area contributed by atoms with Crippen LogP contribution in [0.15, 0.2) is 28.7 Å². The maximum atomic E-state index is 3.72. The van der Waals surface area contributed by atoms with Crippen molar-refractivity contribution in [2.45, 2.75) is 57.9 Å². The predicted octanol–water partition coefficient (Wildman–Crippen LogP) is 5.46. The Morgan fingerprint density at radius 2 is 2.11 bits per heavy atom. The first-order valence-electron chi connectivity index (χ1n) is 7.78. The van der Waals surface area contributed by atoms with Gasteiger partial charge in [0, 0.05) is 10.5 Å². The van der Waals surface area contributed by atoms with Gasteiger partial charge in [-0.1, -0.05) is 60.7 Å². The van der Waals surface area contributed by atoms with Gasteiger partial charge in [0.05, 0.1) is 0 Å². The van der Waals surface area contributed by atoms with Crippen molar-refractivity contribution >= 4 is 15.9 Å². The van der Waals surface area contributed by atoms with Crippen molar-refractivity contribution in [2.75, 3.05) is 6.54 Å². The molecule has 0 aliphatic heterocycles. The van der Waals surface area contributed by atoms with Gasteiger partial charge in [-0.15, -0.1) is 0 Å². The van der Waals surface area contributed by atoms with Crippen LogP contribution in [0.3, 0.4) is 0 Å². The molecule has 1 nitrogen and oxygen atoms in total. The second-order valence-electron chi connectivity index (χ2n) is 5.76. The van der Waals surface area contributed by atoms with E-state index < -0.39 is 0 Å². The molecule has 1 aliphatic rings. The summed E-state index contributed by atoms with van der Waals surface area (Å²) in [6.45, 7) is 3.41. The Labute approximate surface area is 126 Å². The summed E-state index contributed by atoms with van der Waals surface area (Å²) in [5.41, 5.74) is 1.40. The summed E-state index contributed by atoms with van der Waals surface area (Å²) in [5.74, 6) is 1.02. The topological polar surface area (TPSA) is 12.0 Å². The summed E-state index contributed by atoms with van der Waals surface area (Å²) in [6, 6.07) is 9.18. The van der Waals surface area contributed by atoms with Crippen LogP contribution in [0.1, 0.15) is 63.5 Å². The fraction of sp³-hybridized carbons (Fsp3) is 0.647. The van der Waals surface area contributed by atoms with Crippen LogP contribution in [0.2, 0.25) is 0 Å². The van der Waals surface area contributed by atoms with Gasteiger partial charge in [0.25, 0.3) is 0 Å². The van der Waals surface area contributed by atoms with Gasteiger partial charge < -0.3 is 5.32 Å². The number of nitrogens with one attached hydrogen (secondary N) is 1. The van der Waals surface area contributed by atoms with E-state index in [9.17, 15) is 0 Å². The molecule has 19 heavy (non-hydrogen) atoms. The summed E-state index contributed by atoms with van der Waals surface area (Å²) < 4.78 is 1.18. The van der Waals surface area contributed by atoms with Crippen LogP contribution in [0, 0.1) is 5.92 Å². The lowest BCUT2D eigenvalue weighted by atomic mass is 10.0. The molecule has 0 heterocycles. The lowest BCUT2D eigenvalue weighted by molar-refractivity contribution is 0.444. The molecule has 0 bridgehead atoms. The van der Waals surface area contributed by atoms with E-state index >= 15 is 0 Å². The molecule has 1 unspecified atom stereocenters.